The SMILES string of the molecule is CC1(C(=O)O)CCN(C(=O)CCc2ccncc2)CC1. The number of aryl methyl sites for hydroxylation is 1. The average Bonchev–Trinajstić information content (AvgIpc) is 2.46. The normalized spacial score (nSPS) is 17.8. The monoisotopic (exact) mass is 276 g/mol. The lowest BCUT2D eigenvalue weighted by molar-refractivity contribution is -0.153. The molecule has 1 fully saturated rings. The van der Waals surface area contributed by atoms with Gasteiger partial charge in [-0.25, -0.2) is 0 Å². The number of hydrogen-bond donors (Lipinski definition) is 1. The smallest absolute Gasteiger partial charge is 0.309 e. The standard InChI is InChI=1S/C15H20N2O3/c1-15(14(19)20)6-10-17(11-7-15)13(18)3-2-12-4-8-16-9-5-12/h4-5,8-9H,2-3,6-7,10-11H2,1H3,(H,19,20). The summed E-state index contributed by atoms with van der Waals surface area (Å²) < 4.78 is 0. The fraction of sp³-hybridized carbons (Fsp3) is 0.533. The van der Waals surface area contributed by atoms with E-state index >= 15 is 0 Å². The zero-order valence-corrected chi connectivity index (χ0v) is 11.7. The van der Waals surface area contributed by atoms with Crippen molar-refractivity contribution < 1.29 is 14.7 Å². The van der Waals surface area contributed by atoms with E-state index in [1.165, 1.54) is 0 Å². The molecular formula is C15H20N2O3. The van der Waals surface area contributed by atoms with Gasteiger partial charge in [-0.05, 0) is 43.9 Å². The molecule has 2 heterocycles. The maximum absolute atomic E-state index is 12.1. The highest BCUT2D eigenvalue weighted by molar-refractivity contribution is 5.78. The van der Waals surface area contributed by atoms with Gasteiger partial charge in [-0.1, -0.05) is 0 Å². The quantitative estimate of drug-likeness (QED) is 0.909. The van der Waals surface area contributed by atoms with Crippen LogP contribution < -0.4 is 0 Å². The number of pyridine rings is 1. The number of piperidine rings is 1. The molecule has 1 aliphatic rings. The number of aromatic nitrogens is 1. The molecule has 0 bridgehead atoms. The molecule has 1 saturated heterocycles. The van der Waals surface area contributed by atoms with Crippen LogP contribution in [0.5, 0.6) is 0 Å². The van der Waals surface area contributed by atoms with E-state index in [0.717, 1.165) is 5.56 Å². The van der Waals surface area contributed by atoms with E-state index in [9.17, 15) is 9.59 Å². The molecule has 5 heteroatoms. The Labute approximate surface area is 118 Å². The molecule has 1 aromatic heterocycles. The van der Waals surface area contributed by atoms with Crippen LogP contribution >= 0.6 is 0 Å². The van der Waals surface area contributed by atoms with Crippen molar-refractivity contribution in [3.05, 3.63) is 30.1 Å². The lowest BCUT2D eigenvalue weighted by Crippen LogP contribution is -2.45. The van der Waals surface area contributed by atoms with Crippen LogP contribution in [0.4, 0.5) is 0 Å². The fourth-order valence-electron chi connectivity index (χ4n) is 2.42. The Kier molecular flexibility index (Phi) is 4.37. The minimum Gasteiger partial charge on any atom is -0.481 e. The number of carbonyl (C=O) groups is 2. The summed E-state index contributed by atoms with van der Waals surface area (Å²) in [6.45, 7) is 2.84. The Morgan fingerprint density at radius 1 is 1.30 bits per heavy atom. The van der Waals surface area contributed by atoms with Crippen LogP contribution in [0.2, 0.25) is 0 Å². The van der Waals surface area contributed by atoms with Gasteiger partial charge in [0, 0.05) is 31.9 Å². The van der Waals surface area contributed by atoms with Crippen molar-refractivity contribution in [2.75, 3.05) is 13.1 Å². The third-order valence-electron chi connectivity index (χ3n) is 4.11. The number of likely N-dealkylation sites (tertiary alicyclic amines) is 1. The summed E-state index contributed by atoms with van der Waals surface area (Å²) >= 11 is 0. The molecule has 5 nitrogen and oxygen atoms in total. The maximum atomic E-state index is 12.1. The summed E-state index contributed by atoms with van der Waals surface area (Å²) in [6, 6.07) is 3.82. The van der Waals surface area contributed by atoms with Crippen LogP contribution in [0.25, 0.3) is 0 Å². The number of rotatable bonds is 4. The van der Waals surface area contributed by atoms with Crippen molar-refractivity contribution >= 4 is 11.9 Å². The van der Waals surface area contributed by atoms with E-state index in [2.05, 4.69) is 4.98 Å². The first-order valence-corrected chi connectivity index (χ1v) is 6.91. The number of carboxylic acid groups (broad SMARTS) is 1. The van der Waals surface area contributed by atoms with Gasteiger partial charge in [-0.15, -0.1) is 0 Å². The van der Waals surface area contributed by atoms with Crippen LogP contribution in [-0.4, -0.2) is 40.0 Å². The highest BCUT2D eigenvalue weighted by Crippen LogP contribution is 2.31. The lowest BCUT2D eigenvalue weighted by Gasteiger charge is -2.36. The molecule has 20 heavy (non-hydrogen) atoms. The summed E-state index contributed by atoms with van der Waals surface area (Å²) in [5.74, 6) is -0.657. The molecule has 1 aliphatic heterocycles. The Hall–Kier alpha value is -1.91. The molecule has 1 N–H and O–H groups in total. The van der Waals surface area contributed by atoms with Gasteiger partial charge in [0.15, 0.2) is 0 Å². The minimum absolute atomic E-state index is 0.106. The van der Waals surface area contributed by atoms with E-state index in [4.69, 9.17) is 5.11 Å². The van der Waals surface area contributed by atoms with Crippen molar-refractivity contribution in [1.82, 2.24) is 9.88 Å². The molecule has 0 unspecified atom stereocenters. The van der Waals surface area contributed by atoms with Crippen molar-refractivity contribution in [1.29, 1.82) is 0 Å². The van der Waals surface area contributed by atoms with Gasteiger partial charge in [-0.2, -0.15) is 0 Å². The molecule has 0 radical (unpaired) electrons. The molecule has 0 saturated carbocycles. The molecule has 0 aliphatic carbocycles. The van der Waals surface area contributed by atoms with Gasteiger partial charge in [-0.3, -0.25) is 14.6 Å². The summed E-state index contributed by atoms with van der Waals surface area (Å²) in [7, 11) is 0. The molecule has 2 rings (SSSR count). The number of carbonyl (C=O) groups excluding carboxylic acids is 1. The van der Waals surface area contributed by atoms with Crippen LogP contribution in [0.15, 0.2) is 24.5 Å². The highest BCUT2D eigenvalue weighted by atomic mass is 16.4. The molecule has 0 spiro atoms. The number of aliphatic carboxylic acids is 1. The third kappa shape index (κ3) is 3.35. The molecule has 1 aromatic rings. The van der Waals surface area contributed by atoms with Crippen molar-refractivity contribution in [2.45, 2.75) is 32.6 Å². The summed E-state index contributed by atoms with van der Waals surface area (Å²) in [6.07, 6.45) is 5.67. The van der Waals surface area contributed by atoms with E-state index in [1.807, 2.05) is 12.1 Å². The average molecular weight is 276 g/mol. The summed E-state index contributed by atoms with van der Waals surface area (Å²) in [5.41, 5.74) is 0.419. The lowest BCUT2D eigenvalue weighted by atomic mass is 9.80. The Balaban J connectivity index is 1.82. The largest absolute Gasteiger partial charge is 0.481 e. The summed E-state index contributed by atoms with van der Waals surface area (Å²) in [5, 5.41) is 9.17. The fourth-order valence-corrected chi connectivity index (χ4v) is 2.42. The second kappa shape index (κ2) is 6.03. The van der Waals surface area contributed by atoms with E-state index in [0.29, 0.717) is 38.8 Å². The topological polar surface area (TPSA) is 70.5 Å². The van der Waals surface area contributed by atoms with Crippen molar-refractivity contribution in [3.8, 4) is 0 Å². The van der Waals surface area contributed by atoms with Gasteiger partial charge < -0.3 is 10.0 Å². The zero-order chi connectivity index (χ0) is 14.6. The predicted molar refractivity (Wildman–Crippen MR) is 74.1 cm³/mol. The van der Waals surface area contributed by atoms with Gasteiger partial charge in [0.05, 0.1) is 5.41 Å². The van der Waals surface area contributed by atoms with Crippen LogP contribution in [0.3, 0.4) is 0 Å². The molecule has 1 amide bonds. The van der Waals surface area contributed by atoms with Crippen LogP contribution in [0, 0.1) is 5.41 Å². The second-order valence-corrected chi connectivity index (χ2v) is 5.60. The second-order valence-electron chi connectivity index (χ2n) is 5.60. The minimum atomic E-state index is -0.763. The number of nitrogens with zero attached hydrogens (tertiary/aromatic N) is 2. The molecule has 0 aromatic carbocycles. The number of hydrogen-bond acceptors (Lipinski definition) is 3. The molecule has 108 valence electrons. The number of amides is 1. The van der Waals surface area contributed by atoms with Crippen molar-refractivity contribution in [3.63, 3.8) is 0 Å². The Bertz CT molecular complexity index is 479. The van der Waals surface area contributed by atoms with Crippen LogP contribution in [-0.2, 0) is 16.0 Å². The van der Waals surface area contributed by atoms with Gasteiger partial charge in [0.2, 0.25) is 5.91 Å². The molecule has 0 atom stereocenters. The first-order chi connectivity index (χ1) is 9.51. The van der Waals surface area contributed by atoms with Gasteiger partial charge >= 0.3 is 5.97 Å². The number of carboxylic acids is 1. The Morgan fingerprint density at radius 3 is 2.45 bits per heavy atom. The molecular weight excluding hydrogens is 256 g/mol. The maximum Gasteiger partial charge on any atom is 0.309 e. The first-order valence-electron chi connectivity index (χ1n) is 6.91. The van der Waals surface area contributed by atoms with Gasteiger partial charge in [0.25, 0.3) is 0 Å². The van der Waals surface area contributed by atoms with Crippen molar-refractivity contribution in [2.24, 2.45) is 5.41 Å². The van der Waals surface area contributed by atoms with Gasteiger partial charge in [0.1, 0.15) is 0 Å². The van der Waals surface area contributed by atoms with E-state index in [-0.39, 0.29) is 5.91 Å². The third-order valence-corrected chi connectivity index (χ3v) is 4.11. The zero-order valence-electron chi connectivity index (χ0n) is 11.7. The van der Waals surface area contributed by atoms with Crippen LogP contribution in [0.1, 0.15) is 31.7 Å². The first kappa shape index (κ1) is 14.5. The van der Waals surface area contributed by atoms with E-state index in [1.54, 1.807) is 24.2 Å². The summed E-state index contributed by atoms with van der Waals surface area (Å²) in [4.78, 5) is 29.0. The highest BCUT2D eigenvalue weighted by Gasteiger charge is 2.37. The van der Waals surface area contributed by atoms with E-state index < -0.39 is 11.4 Å². The predicted octanol–water partition coefficient (Wildman–Crippen LogP) is 1.73. The Morgan fingerprint density at radius 2 is 1.90 bits per heavy atom.